The van der Waals surface area contributed by atoms with Gasteiger partial charge in [0.2, 0.25) is 31.2 Å². The minimum absolute atomic E-state index is 0. The number of imidazole rings is 2. The van der Waals surface area contributed by atoms with Crippen LogP contribution in [-0.2, 0) is 60.1 Å². The largest absolute Gasteiger partial charge is 1.00 e. The second-order valence-corrected chi connectivity index (χ2v) is 23.1. The molecule has 4 heterocycles. The number of nitrogens with one attached hydrogen (secondary N) is 1. The normalized spacial score (nSPS) is 12.7. The van der Waals surface area contributed by atoms with Crippen LogP contribution in [0.15, 0.2) is 79.9 Å². The number of carbonyl (C=O) groups is 2. The predicted molar refractivity (Wildman–Crippen MR) is 258 cm³/mol. The van der Waals surface area contributed by atoms with Crippen molar-refractivity contribution in [2.75, 3.05) is 12.5 Å². The standard InChI is InChI=1S/C19H18BrN3O3S.C18H17BrN4OS.5K.2H2O5S.2H2O4S/c1-11-7-13(5-6-14(11)16(24)8-12-3-4-12)15-10-21-19-17(27(2,25)26)9-18(20)22-23(15)19;1-10-7-11(3-6-13(10)18(24)21-12-4-5-12)14-9-20-17-15(25-2)8-16(19)22-23(14)17;;;;;;2*1-5-6(2,3)4;2*1-5(2,3)4/h5-7,9-10,12H,3-4,8H2,1-2H3;3,6-9,12H,4-5H2,1-2H3,(H,21,24);;;;;;2*1H,(H,2,3,4);2*(H2,1,2,3,4)/q;;5*+1;;;;/p-5. The number of nitrogens with zero attached hydrogens (tertiary/aromatic N) is 6. The van der Waals surface area contributed by atoms with E-state index in [1.807, 2.05) is 73.3 Å². The van der Waals surface area contributed by atoms with Crippen LogP contribution in [-0.4, -0.2) is 139 Å². The number of Topliss-reactive ketones (excluding diaryl/α,β-unsaturated/α-hetero) is 1. The molecular weight excluding hydrogens is 1440 g/mol. The van der Waals surface area contributed by atoms with E-state index in [4.69, 9.17) is 71.5 Å². The molecule has 0 bridgehead atoms. The number of benzene rings is 2. The molecule has 6 aromatic rings. The zero-order valence-corrected chi connectivity index (χ0v) is 66.6. The van der Waals surface area contributed by atoms with Gasteiger partial charge in [0.25, 0.3) is 5.91 Å². The number of halogens is 2. The topological polar surface area (TPSA) is 472 Å². The molecule has 0 atom stereocenters. The van der Waals surface area contributed by atoms with E-state index in [0.717, 1.165) is 86.2 Å². The summed E-state index contributed by atoms with van der Waals surface area (Å²) in [6, 6.07) is 15.3. The Bertz CT molecular complexity index is 3540. The third-order valence-corrected chi connectivity index (χ3v) is 12.3. The number of hydrogen-bond acceptors (Lipinski definition) is 26. The first-order chi connectivity index (χ1) is 33.9. The second kappa shape index (κ2) is 39.0. The molecule has 0 radical (unpaired) electrons. The van der Waals surface area contributed by atoms with E-state index in [0.29, 0.717) is 28.7 Å². The van der Waals surface area contributed by atoms with Gasteiger partial charge in [-0.05, 0) is 125 Å². The first kappa shape index (κ1) is 86.9. The van der Waals surface area contributed by atoms with Crippen LogP contribution in [0, 0.1) is 19.8 Å². The molecule has 2 aromatic carbocycles. The van der Waals surface area contributed by atoms with E-state index in [-0.39, 0.29) is 279 Å². The van der Waals surface area contributed by atoms with Crippen molar-refractivity contribution in [3.05, 3.63) is 92.4 Å². The molecule has 2 aliphatic carbocycles. The quantitative estimate of drug-likeness (QED) is 0.0178. The second-order valence-electron chi connectivity index (χ2n) is 15.1. The molecule has 4 N–H and O–H groups in total. The fraction of sp³-hybridized carbons (Fsp3) is 0.297. The van der Waals surface area contributed by atoms with Crippen molar-refractivity contribution in [2.24, 2.45) is 5.92 Å². The number of aryl methyl sites for hydroxylation is 2. The molecule has 8 rings (SSSR count). The van der Waals surface area contributed by atoms with Crippen LogP contribution in [0.4, 0.5) is 0 Å². The number of aromatic nitrogens is 6. The van der Waals surface area contributed by atoms with Crippen LogP contribution in [0.1, 0.15) is 63.9 Å². The smallest absolute Gasteiger partial charge is 0.759 e. The Balaban J connectivity index is -0.00000102. The maximum atomic E-state index is 12.4. The van der Waals surface area contributed by atoms with Crippen molar-refractivity contribution in [3.63, 3.8) is 0 Å². The Morgan fingerprint density at radius 1 is 0.684 bits per heavy atom. The predicted octanol–water partition coefficient (Wildman–Crippen LogP) is -11.5. The Morgan fingerprint density at radius 2 is 1.06 bits per heavy atom. The van der Waals surface area contributed by atoms with E-state index >= 15 is 0 Å². The zero-order valence-electron chi connectivity index (χ0n) is 43.0. The maximum absolute atomic E-state index is 12.4. The SMILES string of the molecule is CSc1cc(Br)nn2c(-c3ccc(C(=O)NC4CC4)c(C)c3)cnc12.Cc1cc(-c2cnc3c(S(C)(=O)=O)cc(Br)nn23)ccc1C(=O)CC1CC1.O=S(=O)([O-])O.O=S(=O)([O-])OO.O=S(=O)([O-])OO.O=S(=O)([O-])[O-].[K+].[K+].[K+].[K+].[K+]. The summed E-state index contributed by atoms with van der Waals surface area (Å²) in [5.41, 5.74) is 7.81. The van der Waals surface area contributed by atoms with E-state index in [1.54, 1.807) is 18.0 Å². The molecule has 29 nitrogen and oxygen atoms in total. The zero-order chi connectivity index (χ0) is 56.3. The van der Waals surface area contributed by atoms with Crippen LogP contribution >= 0.6 is 43.6 Å². The average molecular weight is 1480 g/mol. The number of sulfone groups is 1. The van der Waals surface area contributed by atoms with Crippen LogP contribution in [0.2, 0.25) is 0 Å². The van der Waals surface area contributed by atoms with Gasteiger partial charge in [0, 0.05) is 51.4 Å². The van der Waals surface area contributed by atoms with Gasteiger partial charge < -0.3 is 28.1 Å². The van der Waals surface area contributed by atoms with Gasteiger partial charge in [0.1, 0.15) is 14.1 Å². The van der Waals surface area contributed by atoms with Crippen LogP contribution in [0.3, 0.4) is 0 Å². The summed E-state index contributed by atoms with van der Waals surface area (Å²) in [4.78, 5) is 34.7. The number of thioether (sulfide) groups is 1. The molecule has 2 aliphatic rings. The number of ketones is 1. The monoisotopic (exact) mass is 1480 g/mol. The summed E-state index contributed by atoms with van der Waals surface area (Å²) >= 11 is 8.37. The van der Waals surface area contributed by atoms with Gasteiger partial charge in [0.15, 0.2) is 26.9 Å². The Kier molecular flexibility index (Phi) is 42.9. The Hall–Kier alpha value is 3.66. The van der Waals surface area contributed by atoms with E-state index in [1.165, 1.54) is 10.6 Å². The van der Waals surface area contributed by atoms with Crippen LogP contribution < -0.4 is 262 Å². The fourth-order valence-corrected chi connectivity index (χ4v) is 8.47. The van der Waals surface area contributed by atoms with E-state index in [2.05, 4.69) is 66.0 Å². The molecular formula is C37H38Br2K5N7O22S6. The molecule has 42 heteroatoms. The van der Waals surface area contributed by atoms with Crippen molar-refractivity contribution < 1.29 is 355 Å². The van der Waals surface area contributed by atoms with Crippen molar-refractivity contribution >= 4 is 118 Å². The Morgan fingerprint density at radius 3 is 1.42 bits per heavy atom. The summed E-state index contributed by atoms with van der Waals surface area (Å²) in [6.07, 6.45) is 11.7. The number of hydrogen-bond donors (Lipinski definition) is 4. The summed E-state index contributed by atoms with van der Waals surface area (Å²) in [6.45, 7) is 3.88. The van der Waals surface area contributed by atoms with Crippen molar-refractivity contribution in [1.82, 2.24) is 34.5 Å². The van der Waals surface area contributed by atoms with Crippen molar-refractivity contribution in [1.29, 1.82) is 0 Å². The molecule has 0 saturated heterocycles. The van der Waals surface area contributed by atoms with Crippen molar-refractivity contribution in [2.45, 2.75) is 61.8 Å². The number of carbonyl (C=O) groups excluding carboxylic acids is 2. The summed E-state index contributed by atoms with van der Waals surface area (Å²) < 4.78 is 154. The minimum atomic E-state index is -5.17. The molecule has 4 aromatic heterocycles. The molecule has 0 unspecified atom stereocenters. The van der Waals surface area contributed by atoms with Gasteiger partial charge in [-0.3, -0.25) is 22.6 Å². The number of rotatable bonds is 11. The number of amides is 1. The minimum Gasteiger partial charge on any atom is -0.759 e. The van der Waals surface area contributed by atoms with Gasteiger partial charge in [-0.1, -0.05) is 18.2 Å². The molecule has 408 valence electrons. The maximum Gasteiger partial charge on any atom is 1.00 e. The van der Waals surface area contributed by atoms with Gasteiger partial charge in [-0.2, -0.15) is 10.2 Å². The van der Waals surface area contributed by atoms with Crippen molar-refractivity contribution in [3.8, 4) is 22.5 Å². The molecule has 0 spiro atoms. The van der Waals surface area contributed by atoms with Gasteiger partial charge in [-0.25, -0.2) is 63.2 Å². The van der Waals surface area contributed by atoms with E-state index in [9.17, 15) is 18.0 Å². The van der Waals surface area contributed by atoms with Gasteiger partial charge in [0.05, 0.1) is 28.7 Å². The average Bonchev–Trinajstić information content (AvgIpc) is 4.18. The summed E-state index contributed by atoms with van der Waals surface area (Å²) in [7, 11) is -23.2. The Labute approximate surface area is 687 Å². The van der Waals surface area contributed by atoms with Gasteiger partial charge >= 0.3 is 257 Å². The fourth-order valence-electron chi connectivity index (χ4n) is 6.04. The number of fused-ring (bicyclic) bond motifs is 2. The molecule has 0 aliphatic heterocycles. The van der Waals surface area contributed by atoms with Crippen LogP contribution in [0.25, 0.3) is 33.8 Å². The molecule has 2 fully saturated rings. The molecule has 2 saturated carbocycles. The first-order valence-electron chi connectivity index (χ1n) is 19.7. The third kappa shape index (κ3) is 33.9. The first-order valence-corrected chi connectivity index (χ1v) is 29.8. The summed E-state index contributed by atoms with van der Waals surface area (Å²) in [5.74, 6) is 0.737. The third-order valence-electron chi connectivity index (χ3n) is 9.28. The van der Waals surface area contributed by atoms with Gasteiger partial charge in [-0.15, -0.1) is 20.4 Å². The van der Waals surface area contributed by atoms with Crippen LogP contribution in [0.5, 0.6) is 0 Å². The molecule has 79 heavy (non-hydrogen) atoms. The summed E-state index contributed by atoms with van der Waals surface area (Å²) in [5, 5.41) is 25.9. The molecule has 1 amide bonds. The van der Waals surface area contributed by atoms with E-state index < -0.39 is 51.4 Å².